The molecule has 0 fully saturated rings. The number of hydrogen-bond acceptors (Lipinski definition) is 3. The summed E-state index contributed by atoms with van der Waals surface area (Å²) in [7, 11) is 0. The zero-order valence-electron chi connectivity index (χ0n) is 10.2. The van der Waals surface area contributed by atoms with Crippen molar-refractivity contribution in [1.29, 1.82) is 0 Å². The van der Waals surface area contributed by atoms with Crippen LogP contribution in [-0.4, -0.2) is 36.6 Å². The van der Waals surface area contributed by atoms with Crippen LogP contribution in [0.15, 0.2) is 0 Å². The second kappa shape index (κ2) is 8.31. The first-order valence-electron chi connectivity index (χ1n) is 5.45. The first kappa shape index (κ1) is 14.0. The molecule has 3 nitrogen and oxygen atoms in total. The summed E-state index contributed by atoms with van der Waals surface area (Å²) in [6, 6.07) is 0. The van der Waals surface area contributed by atoms with Crippen molar-refractivity contribution in [2.45, 2.75) is 40.2 Å². The number of nitrogens with zero attached hydrogens (tertiary/aromatic N) is 1. The normalized spacial score (nSPS) is 11.8. The van der Waals surface area contributed by atoms with Gasteiger partial charge in [0.15, 0.2) is 0 Å². The molecule has 0 spiro atoms. The first-order valence-corrected chi connectivity index (χ1v) is 5.45. The molecule has 15 heavy (non-hydrogen) atoms. The molecule has 0 heterocycles. The third kappa shape index (κ3) is 8.02. The highest BCUT2D eigenvalue weighted by Crippen LogP contribution is 1.95. The van der Waals surface area contributed by atoms with Crippen molar-refractivity contribution >= 4 is 5.97 Å². The second-order valence-corrected chi connectivity index (χ2v) is 3.44. The fraction of sp³-hybridized carbons (Fsp3) is 0.750. The molecule has 3 heteroatoms. The highest BCUT2D eigenvalue weighted by atomic mass is 16.5. The van der Waals surface area contributed by atoms with Crippen molar-refractivity contribution in [2.24, 2.45) is 0 Å². The molecule has 0 aromatic heterocycles. The molecular formula is C12H21NO2. The maximum absolute atomic E-state index is 10.6. The molecule has 0 aromatic carbocycles. The molecule has 1 atom stereocenters. The zero-order valence-corrected chi connectivity index (χ0v) is 10.2. The molecule has 0 unspecified atom stereocenters. The number of rotatable bonds is 5. The summed E-state index contributed by atoms with van der Waals surface area (Å²) in [5, 5.41) is 0. The molecule has 0 aliphatic carbocycles. The van der Waals surface area contributed by atoms with Crippen LogP contribution in [0.5, 0.6) is 0 Å². The first-order chi connectivity index (χ1) is 7.10. The Kier molecular flexibility index (Phi) is 7.75. The van der Waals surface area contributed by atoms with E-state index in [1.165, 1.54) is 6.92 Å². The van der Waals surface area contributed by atoms with E-state index in [0.29, 0.717) is 6.42 Å². The van der Waals surface area contributed by atoms with Gasteiger partial charge in [0.1, 0.15) is 6.10 Å². The van der Waals surface area contributed by atoms with Gasteiger partial charge in [-0.15, -0.1) is 0 Å². The standard InChI is InChI=1S/C12H21NO2/c1-5-13(6-2)10-8-7-9-11(3)15-12(4)14/h11H,5-6,9-10H2,1-4H3/t11-/m0/s1. The highest BCUT2D eigenvalue weighted by molar-refractivity contribution is 5.66. The molecule has 0 saturated carbocycles. The van der Waals surface area contributed by atoms with Crippen LogP contribution in [0.4, 0.5) is 0 Å². The Morgan fingerprint density at radius 1 is 1.33 bits per heavy atom. The predicted octanol–water partition coefficient (Wildman–Crippen LogP) is 1.67. The van der Waals surface area contributed by atoms with Crippen LogP contribution in [-0.2, 0) is 9.53 Å². The summed E-state index contributed by atoms with van der Waals surface area (Å²) >= 11 is 0. The van der Waals surface area contributed by atoms with Gasteiger partial charge in [-0.25, -0.2) is 0 Å². The SMILES string of the molecule is CCN(CC)CC#CC[C@H](C)OC(C)=O. The maximum atomic E-state index is 10.6. The summed E-state index contributed by atoms with van der Waals surface area (Å²) < 4.78 is 4.95. The second-order valence-electron chi connectivity index (χ2n) is 3.44. The Bertz CT molecular complexity index is 236. The van der Waals surface area contributed by atoms with E-state index in [2.05, 4.69) is 30.6 Å². The Labute approximate surface area is 92.8 Å². The quantitative estimate of drug-likeness (QED) is 0.512. The molecule has 86 valence electrons. The summed E-state index contributed by atoms with van der Waals surface area (Å²) in [6.45, 7) is 10.3. The van der Waals surface area contributed by atoms with Gasteiger partial charge in [-0.05, 0) is 20.0 Å². The van der Waals surface area contributed by atoms with Gasteiger partial charge >= 0.3 is 5.97 Å². The number of hydrogen-bond donors (Lipinski definition) is 0. The lowest BCUT2D eigenvalue weighted by Gasteiger charge is -2.13. The lowest BCUT2D eigenvalue weighted by molar-refractivity contribution is -0.145. The van der Waals surface area contributed by atoms with Gasteiger partial charge in [0.2, 0.25) is 0 Å². The van der Waals surface area contributed by atoms with E-state index in [1.54, 1.807) is 0 Å². The number of ether oxygens (including phenoxy) is 1. The smallest absolute Gasteiger partial charge is 0.302 e. The lowest BCUT2D eigenvalue weighted by atomic mass is 10.3. The minimum Gasteiger partial charge on any atom is -0.462 e. The van der Waals surface area contributed by atoms with Crippen molar-refractivity contribution < 1.29 is 9.53 Å². The van der Waals surface area contributed by atoms with E-state index < -0.39 is 0 Å². The largest absolute Gasteiger partial charge is 0.462 e. The summed E-state index contributed by atoms with van der Waals surface area (Å²) in [5.74, 6) is 5.85. The molecular weight excluding hydrogens is 190 g/mol. The molecule has 0 aliphatic heterocycles. The molecule has 0 saturated heterocycles. The van der Waals surface area contributed by atoms with Gasteiger partial charge in [-0.3, -0.25) is 9.69 Å². The molecule has 0 radical (unpaired) electrons. The van der Waals surface area contributed by atoms with Crippen LogP contribution >= 0.6 is 0 Å². The van der Waals surface area contributed by atoms with Gasteiger partial charge in [0.25, 0.3) is 0 Å². The lowest BCUT2D eigenvalue weighted by Crippen LogP contribution is -2.22. The highest BCUT2D eigenvalue weighted by Gasteiger charge is 2.01. The van der Waals surface area contributed by atoms with E-state index in [1.807, 2.05) is 6.92 Å². The molecule has 0 aliphatic rings. The number of carbonyl (C=O) groups is 1. The van der Waals surface area contributed by atoms with Crippen LogP contribution in [0, 0.1) is 11.8 Å². The molecule has 0 N–H and O–H groups in total. The van der Waals surface area contributed by atoms with Gasteiger partial charge < -0.3 is 4.74 Å². The van der Waals surface area contributed by atoms with Crippen LogP contribution in [0.25, 0.3) is 0 Å². The fourth-order valence-corrected chi connectivity index (χ4v) is 1.16. The molecule has 0 aromatic rings. The van der Waals surface area contributed by atoms with Crippen molar-refractivity contribution in [3.63, 3.8) is 0 Å². The van der Waals surface area contributed by atoms with Crippen molar-refractivity contribution in [3.8, 4) is 11.8 Å². The van der Waals surface area contributed by atoms with E-state index in [4.69, 9.17) is 4.74 Å². The molecule has 0 rings (SSSR count). The van der Waals surface area contributed by atoms with E-state index in [-0.39, 0.29) is 12.1 Å². The van der Waals surface area contributed by atoms with Crippen molar-refractivity contribution in [1.82, 2.24) is 4.90 Å². The van der Waals surface area contributed by atoms with Crippen LogP contribution < -0.4 is 0 Å². The fourth-order valence-electron chi connectivity index (χ4n) is 1.16. The summed E-state index contributed by atoms with van der Waals surface area (Å²) in [5.41, 5.74) is 0. The van der Waals surface area contributed by atoms with Crippen molar-refractivity contribution in [3.05, 3.63) is 0 Å². The Hall–Kier alpha value is -1.01. The minimum atomic E-state index is -0.243. The molecule has 0 bridgehead atoms. The van der Waals surface area contributed by atoms with Gasteiger partial charge in [-0.2, -0.15) is 0 Å². The summed E-state index contributed by atoms with van der Waals surface area (Å²) in [4.78, 5) is 12.8. The maximum Gasteiger partial charge on any atom is 0.302 e. The third-order valence-corrected chi connectivity index (χ3v) is 2.08. The van der Waals surface area contributed by atoms with E-state index >= 15 is 0 Å². The zero-order chi connectivity index (χ0) is 11.7. The monoisotopic (exact) mass is 211 g/mol. The average molecular weight is 211 g/mol. The Balaban J connectivity index is 3.74. The van der Waals surface area contributed by atoms with Gasteiger partial charge in [-0.1, -0.05) is 25.7 Å². The average Bonchev–Trinajstić information content (AvgIpc) is 2.17. The van der Waals surface area contributed by atoms with Crippen LogP contribution in [0.2, 0.25) is 0 Å². The summed E-state index contributed by atoms with van der Waals surface area (Å²) in [6.07, 6.45) is 0.507. The van der Waals surface area contributed by atoms with E-state index in [9.17, 15) is 4.79 Å². The molecule has 0 amide bonds. The number of carbonyl (C=O) groups excluding carboxylic acids is 1. The topological polar surface area (TPSA) is 29.5 Å². The van der Waals surface area contributed by atoms with Crippen LogP contribution in [0.1, 0.15) is 34.1 Å². The Morgan fingerprint density at radius 3 is 2.40 bits per heavy atom. The van der Waals surface area contributed by atoms with Gasteiger partial charge in [0.05, 0.1) is 6.54 Å². The minimum absolute atomic E-state index is 0.105. The van der Waals surface area contributed by atoms with Gasteiger partial charge in [0, 0.05) is 13.3 Å². The Morgan fingerprint density at radius 2 is 1.93 bits per heavy atom. The third-order valence-electron chi connectivity index (χ3n) is 2.08. The number of esters is 1. The van der Waals surface area contributed by atoms with Crippen LogP contribution in [0.3, 0.4) is 0 Å². The predicted molar refractivity (Wildman–Crippen MR) is 61.4 cm³/mol. The van der Waals surface area contributed by atoms with Crippen molar-refractivity contribution in [2.75, 3.05) is 19.6 Å². The van der Waals surface area contributed by atoms with E-state index in [0.717, 1.165) is 19.6 Å².